The molecule has 0 spiro atoms. The van der Waals surface area contributed by atoms with E-state index in [1.807, 2.05) is 0 Å². The first-order valence-electron chi connectivity index (χ1n) is 6.80. The summed E-state index contributed by atoms with van der Waals surface area (Å²) in [6.07, 6.45) is 4.54. The highest BCUT2D eigenvalue weighted by molar-refractivity contribution is 6.31. The molecule has 0 bridgehead atoms. The Morgan fingerprint density at radius 3 is 2.84 bits per heavy atom. The van der Waals surface area contributed by atoms with E-state index in [-0.39, 0.29) is 23.9 Å². The van der Waals surface area contributed by atoms with Gasteiger partial charge in [-0.15, -0.1) is 0 Å². The summed E-state index contributed by atoms with van der Waals surface area (Å²) >= 11 is 5.93. The van der Waals surface area contributed by atoms with Gasteiger partial charge >= 0.3 is 0 Å². The van der Waals surface area contributed by atoms with Crippen molar-refractivity contribution in [1.82, 2.24) is 5.32 Å². The fraction of sp³-hybridized carbons (Fsp3) is 0.533. The van der Waals surface area contributed by atoms with Crippen molar-refractivity contribution in [1.29, 1.82) is 0 Å². The van der Waals surface area contributed by atoms with Crippen LogP contribution in [0.3, 0.4) is 0 Å². The van der Waals surface area contributed by atoms with Gasteiger partial charge in [0, 0.05) is 16.6 Å². The summed E-state index contributed by atoms with van der Waals surface area (Å²) in [6, 6.07) is 4.70. The van der Waals surface area contributed by atoms with E-state index < -0.39 is 5.82 Å². The van der Waals surface area contributed by atoms with E-state index in [0.29, 0.717) is 10.9 Å². The predicted molar refractivity (Wildman–Crippen MR) is 74.7 cm³/mol. The van der Waals surface area contributed by atoms with Gasteiger partial charge < -0.3 is 5.32 Å². The summed E-state index contributed by atoms with van der Waals surface area (Å²) in [5.41, 5.74) is 0.283. The molecule has 104 valence electrons. The third-order valence-electron chi connectivity index (χ3n) is 3.86. The number of carbonyl (C=O) groups excluding carboxylic acids is 1. The molecule has 1 aliphatic rings. The summed E-state index contributed by atoms with van der Waals surface area (Å²) < 4.78 is 13.6. The first-order chi connectivity index (χ1) is 9.08. The highest BCUT2D eigenvalue weighted by Gasteiger charge is 2.23. The third-order valence-corrected chi connectivity index (χ3v) is 4.21. The maximum atomic E-state index is 13.6. The van der Waals surface area contributed by atoms with Gasteiger partial charge in [-0.2, -0.15) is 0 Å². The van der Waals surface area contributed by atoms with Crippen LogP contribution in [0.25, 0.3) is 0 Å². The second-order valence-electron chi connectivity index (χ2n) is 5.31. The number of hydrogen-bond acceptors (Lipinski definition) is 1. The Kier molecular flexibility index (Phi) is 4.81. The smallest absolute Gasteiger partial charge is 0.224 e. The molecule has 1 aliphatic carbocycles. The Bertz CT molecular complexity index is 443. The zero-order valence-electron chi connectivity index (χ0n) is 11.1. The van der Waals surface area contributed by atoms with Crippen LogP contribution in [0.4, 0.5) is 4.39 Å². The van der Waals surface area contributed by atoms with Crippen molar-refractivity contribution in [3.05, 3.63) is 34.6 Å². The Balaban J connectivity index is 1.97. The van der Waals surface area contributed by atoms with Gasteiger partial charge in [-0.05, 0) is 30.9 Å². The molecule has 0 aromatic heterocycles. The lowest BCUT2D eigenvalue weighted by atomic mass is 9.86. The van der Waals surface area contributed by atoms with Crippen LogP contribution in [0.2, 0.25) is 5.02 Å². The first-order valence-corrected chi connectivity index (χ1v) is 7.18. The van der Waals surface area contributed by atoms with Gasteiger partial charge in [0.2, 0.25) is 5.91 Å². The minimum absolute atomic E-state index is 0.00866. The highest BCUT2D eigenvalue weighted by atomic mass is 35.5. The van der Waals surface area contributed by atoms with E-state index in [4.69, 9.17) is 11.6 Å². The summed E-state index contributed by atoms with van der Waals surface area (Å²) in [4.78, 5) is 12.0. The molecule has 0 aliphatic heterocycles. The number of amides is 1. The van der Waals surface area contributed by atoms with Gasteiger partial charge in [0.15, 0.2) is 0 Å². The fourth-order valence-electron chi connectivity index (χ4n) is 2.65. The van der Waals surface area contributed by atoms with Crippen molar-refractivity contribution in [3.8, 4) is 0 Å². The van der Waals surface area contributed by atoms with Crippen molar-refractivity contribution in [2.24, 2.45) is 5.92 Å². The fourth-order valence-corrected chi connectivity index (χ4v) is 2.88. The largest absolute Gasteiger partial charge is 0.353 e. The van der Waals surface area contributed by atoms with Gasteiger partial charge in [-0.25, -0.2) is 4.39 Å². The standard InChI is InChI=1S/C15H19ClFNO/c1-10-5-2-3-8-14(10)18-15(19)9-11-12(16)6-4-7-13(11)17/h4,6-7,10,14H,2-3,5,8-9H2,1H3,(H,18,19). The van der Waals surface area contributed by atoms with Crippen LogP contribution in [0.5, 0.6) is 0 Å². The van der Waals surface area contributed by atoms with Crippen LogP contribution < -0.4 is 5.32 Å². The van der Waals surface area contributed by atoms with Crippen molar-refractivity contribution in [3.63, 3.8) is 0 Å². The van der Waals surface area contributed by atoms with E-state index in [1.165, 1.54) is 12.5 Å². The van der Waals surface area contributed by atoms with E-state index in [0.717, 1.165) is 19.3 Å². The Labute approximate surface area is 118 Å². The van der Waals surface area contributed by atoms with Gasteiger partial charge in [0.1, 0.15) is 5.82 Å². The van der Waals surface area contributed by atoms with Crippen LogP contribution in [-0.4, -0.2) is 11.9 Å². The van der Waals surface area contributed by atoms with E-state index in [1.54, 1.807) is 12.1 Å². The highest BCUT2D eigenvalue weighted by Crippen LogP contribution is 2.24. The minimum Gasteiger partial charge on any atom is -0.353 e. The van der Waals surface area contributed by atoms with Crippen LogP contribution in [0.15, 0.2) is 18.2 Å². The normalized spacial score (nSPS) is 23.1. The lowest BCUT2D eigenvalue weighted by molar-refractivity contribution is -0.121. The molecule has 0 radical (unpaired) electrons. The second-order valence-corrected chi connectivity index (χ2v) is 5.72. The number of nitrogens with one attached hydrogen (secondary N) is 1. The van der Waals surface area contributed by atoms with Crippen LogP contribution in [0, 0.1) is 11.7 Å². The van der Waals surface area contributed by atoms with E-state index in [9.17, 15) is 9.18 Å². The lowest BCUT2D eigenvalue weighted by Gasteiger charge is -2.29. The molecule has 2 nitrogen and oxygen atoms in total. The average Bonchev–Trinajstić information content (AvgIpc) is 2.37. The molecule has 0 heterocycles. The van der Waals surface area contributed by atoms with Crippen LogP contribution in [0.1, 0.15) is 38.2 Å². The molecule has 2 atom stereocenters. The summed E-state index contributed by atoms with van der Waals surface area (Å²) in [6.45, 7) is 2.15. The molecule has 1 N–H and O–H groups in total. The van der Waals surface area contributed by atoms with Crippen molar-refractivity contribution in [2.45, 2.75) is 45.1 Å². The van der Waals surface area contributed by atoms with E-state index >= 15 is 0 Å². The first kappa shape index (κ1) is 14.3. The lowest BCUT2D eigenvalue weighted by Crippen LogP contribution is -2.41. The predicted octanol–water partition coefficient (Wildman–Crippen LogP) is 3.72. The average molecular weight is 284 g/mol. The molecule has 2 unspecified atom stereocenters. The third kappa shape index (κ3) is 3.69. The molecule has 0 saturated heterocycles. The van der Waals surface area contributed by atoms with Gasteiger partial charge in [0.05, 0.1) is 6.42 Å². The molecule has 1 saturated carbocycles. The molecule has 2 rings (SSSR count). The molecular formula is C15H19ClFNO. The zero-order chi connectivity index (χ0) is 13.8. The van der Waals surface area contributed by atoms with Gasteiger partial charge in [0.25, 0.3) is 0 Å². The maximum absolute atomic E-state index is 13.6. The molecule has 1 amide bonds. The molecule has 1 aromatic carbocycles. The molecule has 1 aromatic rings. The van der Waals surface area contributed by atoms with Crippen molar-refractivity contribution in [2.75, 3.05) is 0 Å². The topological polar surface area (TPSA) is 29.1 Å². The molecular weight excluding hydrogens is 265 g/mol. The summed E-state index contributed by atoms with van der Waals surface area (Å²) in [5, 5.41) is 3.32. The monoisotopic (exact) mass is 283 g/mol. The Morgan fingerprint density at radius 1 is 1.42 bits per heavy atom. The quantitative estimate of drug-likeness (QED) is 0.900. The van der Waals surface area contributed by atoms with Gasteiger partial charge in [-0.1, -0.05) is 37.4 Å². The van der Waals surface area contributed by atoms with E-state index in [2.05, 4.69) is 12.2 Å². The number of hydrogen-bond donors (Lipinski definition) is 1. The zero-order valence-corrected chi connectivity index (χ0v) is 11.8. The number of benzene rings is 1. The Morgan fingerprint density at radius 2 is 2.16 bits per heavy atom. The molecule has 1 fully saturated rings. The number of halogens is 2. The minimum atomic E-state index is -0.417. The summed E-state index contributed by atoms with van der Waals surface area (Å²) in [7, 11) is 0. The molecule has 4 heteroatoms. The van der Waals surface area contributed by atoms with Crippen LogP contribution in [-0.2, 0) is 11.2 Å². The van der Waals surface area contributed by atoms with Crippen LogP contribution >= 0.6 is 11.6 Å². The van der Waals surface area contributed by atoms with Gasteiger partial charge in [-0.3, -0.25) is 4.79 Å². The van der Waals surface area contributed by atoms with Crippen molar-refractivity contribution >= 4 is 17.5 Å². The summed E-state index contributed by atoms with van der Waals surface area (Å²) in [5.74, 6) is -0.0705. The maximum Gasteiger partial charge on any atom is 0.224 e. The second kappa shape index (κ2) is 6.38. The number of carbonyl (C=O) groups is 1. The number of rotatable bonds is 3. The molecule has 19 heavy (non-hydrogen) atoms. The Hall–Kier alpha value is -1.09. The van der Waals surface area contributed by atoms with Crippen molar-refractivity contribution < 1.29 is 9.18 Å². The SMILES string of the molecule is CC1CCCCC1NC(=O)Cc1c(F)cccc1Cl.